The topological polar surface area (TPSA) is 87.1 Å². The monoisotopic (exact) mass is 320 g/mol. The summed E-state index contributed by atoms with van der Waals surface area (Å²) in [5.74, 6) is 1.08. The third-order valence-corrected chi connectivity index (χ3v) is 3.67. The van der Waals surface area contributed by atoms with Crippen molar-refractivity contribution in [3.05, 3.63) is 48.0 Å². The van der Waals surface area contributed by atoms with Crippen molar-refractivity contribution in [2.24, 2.45) is 0 Å². The minimum absolute atomic E-state index is 0.106. The van der Waals surface area contributed by atoms with Crippen LogP contribution in [0.25, 0.3) is 16.8 Å². The van der Waals surface area contributed by atoms with E-state index in [1.165, 1.54) is 6.92 Å². The average molecular weight is 320 g/mol. The highest BCUT2D eigenvalue weighted by atomic mass is 16.1. The van der Waals surface area contributed by atoms with E-state index in [1.807, 2.05) is 53.9 Å². The van der Waals surface area contributed by atoms with Crippen molar-refractivity contribution < 1.29 is 4.79 Å². The van der Waals surface area contributed by atoms with E-state index in [0.717, 1.165) is 28.0 Å². The zero-order valence-electron chi connectivity index (χ0n) is 13.3. The minimum atomic E-state index is -0.106. The van der Waals surface area contributed by atoms with Crippen LogP contribution in [-0.2, 0) is 4.79 Å². The number of nitrogens with zero attached hydrogens (tertiary/aromatic N) is 3. The fourth-order valence-corrected chi connectivity index (χ4v) is 2.66. The molecule has 0 aliphatic carbocycles. The van der Waals surface area contributed by atoms with Gasteiger partial charge in [-0.05, 0) is 42.8 Å². The molecule has 0 saturated carbocycles. The lowest BCUT2D eigenvalue weighted by atomic mass is 10.2. The average Bonchev–Trinajstić information content (AvgIpc) is 3.03. The summed E-state index contributed by atoms with van der Waals surface area (Å²) in [6.07, 6.45) is 0. The number of fused-ring (bicyclic) bond motifs is 3. The Kier molecular flexibility index (Phi) is 3.19. The van der Waals surface area contributed by atoms with E-state index in [0.29, 0.717) is 11.7 Å². The van der Waals surface area contributed by atoms with Gasteiger partial charge in [0, 0.05) is 18.3 Å². The zero-order valence-corrected chi connectivity index (χ0v) is 13.3. The Balaban J connectivity index is 1.66. The molecular weight excluding hydrogens is 304 g/mol. The summed E-state index contributed by atoms with van der Waals surface area (Å²) in [5.41, 5.74) is 4.59. The predicted octanol–water partition coefficient (Wildman–Crippen LogP) is 3.22. The second-order valence-electron chi connectivity index (χ2n) is 5.70. The fourth-order valence-electron chi connectivity index (χ4n) is 2.66. The predicted molar refractivity (Wildman–Crippen MR) is 93.6 cm³/mol. The van der Waals surface area contributed by atoms with E-state index in [-0.39, 0.29) is 5.91 Å². The molecule has 4 rings (SSSR count). The maximum absolute atomic E-state index is 11.2. The molecule has 3 N–H and O–H groups in total. The first kappa shape index (κ1) is 14.3. The van der Waals surface area contributed by atoms with Crippen molar-refractivity contribution >= 4 is 40.0 Å². The number of imidazole rings is 1. The molecule has 0 bridgehead atoms. The molecule has 0 aliphatic heterocycles. The third-order valence-electron chi connectivity index (χ3n) is 3.67. The van der Waals surface area contributed by atoms with Gasteiger partial charge in [-0.3, -0.25) is 9.89 Å². The first-order chi connectivity index (χ1) is 11.6. The van der Waals surface area contributed by atoms with E-state index in [4.69, 9.17) is 0 Å². The van der Waals surface area contributed by atoms with Crippen LogP contribution in [0.2, 0.25) is 0 Å². The van der Waals surface area contributed by atoms with Crippen LogP contribution in [0.4, 0.5) is 17.3 Å². The molecule has 7 heteroatoms. The van der Waals surface area contributed by atoms with Crippen molar-refractivity contribution in [1.82, 2.24) is 19.6 Å². The second-order valence-corrected chi connectivity index (χ2v) is 5.70. The summed E-state index contributed by atoms with van der Waals surface area (Å²) in [7, 11) is 0. The molecule has 1 amide bonds. The quantitative estimate of drug-likeness (QED) is 0.541. The summed E-state index contributed by atoms with van der Waals surface area (Å²) in [4.78, 5) is 20.1. The van der Waals surface area contributed by atoms with E-state index in [9.17, 15) is 4.79 Å². The summed E-state index contributed by atoms with van der Waals surface area (Å²) < 4.78 is 1.84. The molecule has 2 aromatic heterocycles. The van der Waals surface area contributed by atoms with Gasteiger partial charge in [-0.2, -0.15) is 4.98 Å². The number of aryl methyl sites for hydroxylation is 1. The number of benzene rings is 2. The highest BCUT2D eigenvalue weighted by Gasteiger charge is 2.10. The van der Waals surface area contributed by atoms with Crippen LogP contribution in [0.3, 0.4) is 0 Å². The molecule has 2 heterocycles. The second kappa shape index (κ2) is 5.38. The zero-order chi connectivity index (χ0) is 16.7. The van der Waals surface area contributed by atoms with Crippen molar-refractivity contribution in [2.75, 3.05) is 10.6 Å². The number of carbonyl (C=O) groups excluding carboxylic acids is 1. The Labute approximate surface area is 137 Å². The van der Waals surface area contributed by atoms with Crippen LogP contribution in [-0.4, -0.2) is 25.5 Å². The van der Waals surface area contributed by atoms with Crippen molar-refractivity contribution in [2.45, 2.75) is 13.8 Å². The normalized spacial score (nSPS) is 11.1. The van der Waals surface area contributed by atoms with Gasteiger partial charge >= 0.3 is 0 Å². The number of hydrogen-bond donors (Lipinski definition) is 3. The van der Waals surface area contributed by atoms with Gasteiger partial charge in [-0.15, -0.1) is 0 Å². The number of aromatic nitrogens is 4. The van der Waals surface area contributed by atoms with Crippen LogP contribution in [0.15, 0.2) is 42.5 Å². The van der Waals surface area contributed by atoms with Gasteiger partial charge in [0.05, 0.1) is 11.0 Å². The molecule has 24 heavy (non-hydrogen) atoms. The number of aromatic amines is 1. The van der Waals surface area contributed by atoms with Crippen LogP contribution in [0.5, 0.6) is 0 Å². The van der Waals surface area contributed by atoms with Crippen LogP contribution >= 0.6 is 0 Å². The smallest absolute Gasteiger partial charge is 0.253 e. The van der Waals surface area contributed by atoms with E-state index in [2.05, 4.69) is 25.7 Å². The lowest BCUT2D eigenvalue weighted by Gasteiger charge is -2.06. The van der Waals surface area contributed by atoms with Gasteiger partial charge < -0.3 is 10.6 Å². The molecule has 0 radical (unpaired) electrons. The number of nitrogens with one attached hydrogen (secondary N) is 3. The standard InChI is InChI=1S/C17H16N6O/c1-10-6-7-15-14(8-10)20-17-21-16(22-23(15)17)19-13-5-3-4-12(9-13)18-11(2)24/h3-9H,1-2H3,(H,18,24)(H2,19,20,21,22). The van der Waals surface area contributed by atoms with Crippen molar-refractivity contribution in [3.8, 4) is 0 Å². The van der Waals surface area contributed by atoms with Gasteiger partial charge in [0.1, 0.15) is 0 Å². The molecule has 7 nitrogen and oxygen atoms in total. The lowest BCUT2D eigenvalue weighted by Crippen LogP contribution is -2.05. The molecule has 0 aliphatic rings. The first-order valence-electron chi connectivity index (χ1n) is 7.58. The largest absolute Gasteiger partial charge is 0.326 e. The molecule has 2 aromatic carbocycles. The van der Waals surface area contributed by atoms with Gasteiger partial charge in [0.25, 0.3) is 5.78 Å². The minimum Gasteiger partial charge on any atom is -0.326 e. The Bertz CT molecular complexity index is 1060. The lowest BCUT2D eigenvalue weighted by molar-refractivity contribution is -0.114. The SMILES string of the molecule is CC(=O)Nc1cccc(Nc2nc3nc4cc(C)ccc4n3[nH]2)c1. The summed E-state index contributed by atoms with van der Waals surface area (Å²) in [6, 6.07) is 13.5. The summed E-state index contributed by atoms with van der Waals surface area (Å²) in [6.45, 7) is 3.52. The van der Waals surface area contributed by atoms with Crippen LogP contribution < -0.4 is 10.6 Å². The van der Waals surface area contributed by atoms with Crippen molar-refractivity contribution in [1.29, 1.82) is 0 Å². The molecule has 0 spiro atoms. The van der Waals surface area contributed by atoms with Gasteiger partial charge in [0.15, 0.2) is 0 Å². The molecular formula is C17H16N6O. The van der Waals surface area contributed by atoms with Gasteiger partial charge in [0.2, 0.25) is 11.9 Å². The number of anilines is 3. The fraction of sp³-hybridized carbons (Fsp3) is 0.118. The highest BCUT2D eigenvalue weighted by Crippen LogP contribution is 2.21. The van der Waals surface area contributed by atoms with Crippen LogP contribution in [0, 0.1) is 6.92 Å². The summed E-state index contributed by atoms with van der Waals surface area (Å²) >= 11 is 0. The molecule has 120 valence electrons. The number of H-pyrrole nitrogens is 1. The Morgan fingerprint density at radius 1 is 1.12 bits per heavy atom. The van der Waals surface area contributed by atoms with Crippen LogP contribution in [0.1, 0.15) is 12.5 Å². The third kappa shape index (κ3) is 2.56. The maximum atomic E-state index is 11.2. The number of carbonyl (C=O) groups is 1. The molecule has 4 aromatic rings. The van der Waals surface area contributed by atoms with E-state index < -0.39 is 0 Å². The maximum Gasteiger partial charge on any atom is 0.253 e. The molecule has 0 atom stereocenters. The molecule has 0 fully saturated rings. The van der Waals surface area contributed by atoms with Crippen molar-refractivity contribution in [3.63, 3.8) is 0 Å². The Morgan fingerprint density at radius 3 is 2.79 bits per heavy atom. The number of hydrogen-bond acceptors (Lipinski definition) is 4. The number of amides is 1. The van der Waals surface area contributed by atoms with E-state index in [1.54, 1.807) is 0 Å². The molecule has 0 unspecified atom stereocenters. The number of rotatable bonds is 3. The van der Waals surface area contributed by atoms with Gasteiger partial charge in [-0.1, -0.05) is 12.1 Å². The van der Waals surface area contributed by atoms with E-state index >= 15 is 0 Å². The Morgan fingerprint density at radius 2 is 1.96 bits per heavy atom. The first-order valence-corrected chi connectivity index (χ1v) is 7.58. The summed E-state index contributed by atoms with van der Waals surface area (Å²) in [5, 5.41) is 9.14. The Hall–Kier alpha value is -3.35. The molecule has 0 saturated heterocycles. The highest BCUT2D eigenvalue weighted by molar-refractivity contribution is 5.89. The van der Waals surface area contributed by atoms with Gasteiger partial charge in [-0.25, -0.2) is 9.50 Å².